The number of nitrogens with one attached hydrogen (secondary N) is 1. The van der Waals surface area contributed by atoms with Gasteiger partial charge in [0.2, 0.25) is 0 Å². The van der Waals surface area contributed by atoms with E-state index in [1.807, 2.05) is 0 Å². The van der Waals surface area contributed by atoms with Crippen molar-refractivity contribution < 1.29 is 32.6 Å². The number of carbonyl (C=O) groups is 2. The van der Waals surface area contributed by atoms with Crippen LogP contribution < -0.4 is 5.32 Å². The smallest absolute Gasteiger partial charge is 0.407 e. The van der Waals surface area contributed by atoms with E-state index in [0.717, 1.165) is 7.11 Å². The summed E-state index contributed by atoms with van der Waals surface area (Å²) in [5.41, 5.74) is -0.995. The van der Waals surface area contributed by atoms with Crippen LogP contribution in [0.15, 0.2) is 0 Å². The summed E-state index contributed by atoms with van der Waals surface area (Å²) in [6, 6.07) is -1.33. The van der Waals surface area contributed by atoms with E-state index in [4.69, 9.17) is 5.11 Å². The van der Waals surface area contributed by atoms with Gasteiger partial charge in [0.25, 0.3) is 0 Å². The number of carboxylic acid groups (broad SMARTS) is 1. The highest BCUT2D eigenvalue weighted by atomic mass is 19.4. The van der Waals surface area contributed by atoms with Crippen LogP contribution in [-0.2, 0) is 9.53 Å². The zero-order valence-corrected chi connectivity index (χ0v) is 10.2. The van der Waals surface area contributed by atoms with Crippen molar-refractivity contribution in [3.8, 4) is 0 Å². The lowest BCUT2D eigenvalue weighted by Crippen LogP contribution is -2.54. The van der Waals surface area contributed by atoms with Gasteiger partial charge in [-0.3, -0.25) is 0 Å². The van der Waals surface area contributed by atoms with Gasteiger partial charge in [-0.25, -0.2) is 9.59 Å². The third kappa shape index (κ3) is 2.23. The third-order valence-corrected chi connectivity index (χ3v) is 4.26. The van der Waals surface area contributed by atoms with Gasteiger partial charge in [0.1, 0.15) is 6.04 Å². The molecular weight excluding hydrogens is 267 g/mol. The Morgan fingerprint density at radius 1 is 1.37 bits per heavy atom. The molecule has 0 aromatic heterocycles. The maximum atomic E-state index is 12.7. The lowest BCUT2D eigenvalue weighted by atomic mass is 9.65. The molecule has 3 aliphatic carbocycles. The Morgan fingerprint density at radius 3 is 2.32 bits per heavy atom. The second-order valence-electron chi connectivity index (χ2n) is 5.29. The number of ether oxygens (including phenoxy) is 1. The van der Waals surface area contributed by atoms with Crippen LogP contribution in [-0.4, -0.2) is 36.5 Å². The topological polar surface area (TPSA) is 75.6 Å². The number of alkyl carbamates (subject to hydrolysis) is 1. The monoisotopic (exact) mass is 281 g/mol. The molecule has 2 unspecified atom stereocenters. The van der Waals surface area contributed by atoms with E-state index in [1.165, 1.54) is 0 Å². The van der Waals surface area contributed by atoms with Crippen LogP contribution in [0.2, 0.25) is 0 Å². The fourth-order valence-electron chi connectivity index (χ4n) is 3.43. The van der Waals surface area contributed by atoms with E-state index in [-0.39, 0.29) is 19.3 Å². The first kappa shape index (κ1) is 14.0. The molecule has 3 rings (SSSR count). The zero-order valence-electron chi connectivity index (χ0n) is 10.2. The number of halogens is 3. The molecule has 3 saturated carbocycles. The first-order valence-corrected chi connectivity index (χ1v) is 5.83. The highest BCUT2D eigenvalue weighted by molar-refractivity contribution is 5.81. The van der Waals surface area contributed by atoms with Crippen LogP contribution in [0, 0.1) is 17.3 Å². The summed E-state index contributed by atoms with van der Waals surface area (Å²) in [6.45, 7) is 0. The lowest BCUT2D eigenvalue weighted by molar-refractivity contribution is -0.180. The minimum atomic E-state index is -4.31. The average molecular weight is 281 g/mol. The van der Waals surface area contributed by atoms with Crippen molar-refractivity contribution in [2.24, 2.45) is 17.3 Å². The number of hydrogen-bond acceptors (Lipinski definition) is 3. The van der Waals surface area contributed by atoms with Crippen molar-refractivity contribution >= 4 is 12.1 Å². The first-order chi connectivity index (χ1) is 8.69. The predicted octanol–water partition coefficient (Wildman–Crippen LogP) is 1.77. The Bertz CT molecular complexity index is 403. The average Bonchev–Trinajstić information content (AvgIpc) is 2.79. The van der Waals surface area contributed by atoms with Gasteiger partial charge >= 0.3 is 18.2 Å². The second kappa shape index (κ2) is 4.28. The number of amides is 1. The quantitative estimate of drug-likeness (QED) is 0.826. The number of rotatable bonds is 3. The van der Waals surface area contributed by atoms with E-state index in [1.54, 1.807) is 0 Å². The number of carboxylic acids is 1. The fourth-order valence-corrected chi connectivity index (χ4v) is 3.43. The lowest BCUT2D eigenvalue weighted by Gasteiger charge is -2.42. The minimum Gasteiger partial charge on any atom is -0.480 e. The number of aliphatic carboxylic acids is 1. The van der Waals surface area contributed by atoms with Crippen LogP contribution in [0.1, 0.15) is 19.3 Å². The van der Waals surface area contributed by atoms with Crippen molar-refractivity contribution in [3.63, 3.8) is 0 Å². The Kier molecular flexibility index (Phi) is 3.14. The Morgan fingerprint density at radius 2 is 1.95 bits per heavy atom. The number of hydrogen-bond donors (Lipinski definition) is 2. The summed E-state index contributed by atoms with van der Waals surface area (Å²) >= 11 is 0. The van der Waals surface area contributed by atoms with Gasteiger partial charge in [0, 0.05) is 5.41 Å². The van der Waals surface area contributed by atoms with Crippen molar-refractivity contribution in [1.82, 2.24) is 5.32 Å². The van der Waals surface area contributed by atoms with Crippen LogP contribution >= 0.6 is 0 Å². The molecule has 0 radical (unpaired) electrons. The van der Waals surface area contributed by atoms with Crippen molar-refractivity contribution in [1.29, 1.82) is 0 Å². The molecule has 0 aliphatic heterocycles. The number of fused-ring (bicyclic) bond motifs is 1. The fraction of sp³-hybridized carbons (Fsp3) is 0.818. The summed E-state index contributed by atoms with van der Waals surface area (Å²) in [7, 11) is 1.07. The molecule has 0 aromatic rings. The minimum absolute atomic E-state index is 0.179. The van der Waals surface area contributed by atoms with Gasteiger partial charge in [-0.1, -0.05) is 0 Å². The molecule has 0 saturated heterocycles. The highest BCUT2D eigenvalue weighted by Crippen LogP contribution is 2.66. The summed E-state index contributed by atoms with van der Waals surface area (Å²) in [4.78, 5) is 22.3. The number of methoxy groups -OCH3 is 1. The Balaban J connectivity index is 2.13. The standard InChI is InChI=1S/C11H14F3NO4/c1-19-9(18)15-7(8(16)17)10-2-5(3-10)6(4-10)11(12,13)14/h5-7H,2-4H2,1H3,(H,15,18)(H,16,17). The molecule has 1 amide bonds. The van der Waals surface area contributed by atoms with Gasteiger partial charge in [0.15, 0.2) is 0 Å². The van der Waals surface area contributed by atoms with E-state index >= 15 is 0 Å². The molecule has 0 aromatic carbocycles. The second-order valence-corrected chi connectivity index (χ2v) is 5.29. The molecular formula is C11H14F3NO4. The van der Waals surface area contributed by atoms with Gasteiger partial charge in [-0.2, -0.15) is 13.2 Å². The van der Waals surface area contributed by atoms with Crippen LogP contribution in [0.25, 0.3) is 0 Å². The molecule has 108 valence electrons. The normalized spacial score (nSPS) is 34.3. The Hall–Kier alpha value is -1.47. The molecule has 5 nitrogen and oxygen atoms in total. The maximum absolute atomic E-state index is 12.7. The van der Waals surface area contributed by atoms with E-state index in [9.17, 15) is 22.8 Å². The van der Waals surface area contributed by atoms with Crippen molar-refractivity contribution in [2.45, 2.75) is 31.5 Å². The predicted molar refractivity (Wildman–Crippen MR) is 56.3 cm³/mol. The summed E-state index contributed by atoms with van der Waals surface area (Å²) < 4.78 is 42.5. The molecule has 2 N–H and O–H groups in total. The summed E-state index contributed by atoms with van der Waals surface area (Å²) in [5.74, 6) is -3.32. The van der Waals surface area contributed by atoms with Gasteiger partial charge in [-0.15, -0.1) is 0 Å². The summed E-state index contributed by atoms with van der Waals surface area (Å²) in [5, 5.41) is 11.2. The molecule has 2 atom stereocenters. The molecule has 2 bridgehead atoms. The third-order valence-electron chi connectivity index (χ3n) is 4.26. The highest BCUT2D eigenvalue weighted by Gasteiger charge is 2.67. The Labute approximate surface area is 107 Å². The van der Waals surface area contributed by atoms with Gasteiger partial charge < -0.3 is 15.2 Å². The van der Waals surface area contributed by atoms with Crippen molar-refractivity contribution in [2.75, 3.05) is 7.11 Å². The van der Waals surface area contributed by atoms with Crippen LogP contribution in [0.3, 0.4) is 0 Å². The molecule has 19 heavy (non-hydrogen) atoms. The molecule has 3 fully saturated rings. The maximum Gasteiger partial charge on any atom is 0.407 e. The molecule has 0 spiro atoms. The van der Waals surface area contributed by atoms with E-state index in [0.29, 0.717) is 0 Å². The molecule has 3 aliphatic rings. The zero-order chi connectivity index (χ0) is 14.4. The number of alkyl halides is 3. The van der Waals surface area contributed by atoms with Gasteiger partial charge in [0.05, 0.1) is 13.0 Å². The first-order valence-electron chi connectivity index (χ1n) is 5.83. The SMILES string of the molecule is COC(=O)NC(C(=O)O)C12CC(C1)C(C(F)(F)F)C2. The van der Waals surface area contributed by atoms with Crippen LogP contribution in [0.4, 0.5) is 18.0 Å². The van der Waals surface area contributed by atoms with E-state index < -0.39 is 41.5 Å². The van der Waals surface area contributed by atoms with Crippen molar-refractivity contribution in [3.05, 3.63) is 0 Å². The largest absolute Gasteiger partial charge is 0.480 e. The van der Waals surface area contributed by atoms with Crippen LogP contribution in [0.5, 0.6) is 0 Å². The molecule has 0 heterocycles. The summed E-state index contributed by atoms with van der Waals surface area (Å²) in [6.07, 6.45) is -5.14. The van der Waals surface area contributed by atoms with E-state index in [2.05, 4.69) is 10.1 Å². The number of carbonyl (C=O) groups excluding carboxylic acids is 1. The molecule has 8 heteroatoms. The van der Waals surface area contributed by atoms with Gasteiger partial charge in [-0.05, 0) is 25.2 Å².